The molecule has 31 heavy (non-hydrogen) atoms. The Morgan fingerprint density at radius 3 is 2.32 bits per heavy atom. The minimum Gasteiger partial charge on any atom is -0.493 e. The van der Waals surface area contributed by atoms with Crippen molar-refractivity contribution < 1.29 is 19.0 Å². The van der Waals surface area contributed by atoms with Crippen LogP contribution >= 0.6 is 23.2 Å². The van der Waals surface area contributed by atoms with Crippen molar-refractivity contribution in [3.63, 3.8) is 0 Å². The molecule has 4 nitrogen and oxygen atoms in total. The lowest BCUT2D eigenvalue weighted by Crippen LogP contribution is -2.09. The second-order valence-corrected chi connectivity index (χ2v) is 7.91. The third kappa shape index (κ3) is 19.2. The summed E-state index contributed by atoms with van der Waals surface area (Å²) in [5.41, 5.74) is 1.03. The number of hydrogen-bond donors (Lipinski definition) is 0. The molecule has 0 aliphatic heterocycles. The van der Waals surface area contributed by atoms with Crippen LogP contribution in [0.2, 0.25) is 5.02 Å². The molecule has 0 saturated heterocycles. The zero-order valence-electron chi connectivity index (χ0n) is 20.2. The first-order valence-electron chi connectivity index (χ1n) is 11.1. The van der Waals surface area contributed by atoms with Crippen LogP contribution < -0.4 is 4.74 Å². The predicted octanol–water partition coefficient (Wildman–Crippen LogP) is 7.84. The number of ether oxygens (including phenoxy) is 3. The number of methoxy groups -OCH3 is 2. The van der Waals surface area contributed by atoms with E-state index < -0.39 is 0 Å². The van der Waals surface area contributed by atoms with E-state index in [1.165, 1.54) is 26.4 Å². The lowest BCUT2D eigenvalue weighted by atomic mass is 10.1. The highest BCUT2D eigenvalue weighted by atomic mass is 35.5. The second kappa shape index (κ2) is 23.4. The molecule has 0 aromatic heterocycles. The van der Waals surface area contributed by atoms with Crippen molar-refractivity contribution in [1.82, 2.24) is 0 Å². The fourth-order valence-electron chi connectivity index (χ4n) is 2.82. The maximum atomic E-state index is 8.95. The number of unbranched alkanes of at least 4 members (excludes halogenated alkanes) is 2. The summed E-state index contributed by atoms with van der Waals surface area (Å²) in [6, 6.07) is 5.71. The van der Waals surface area contributed by atoms with Gasteiger partial charge in [0.2, 0.25) is 0 Å². The fourth-order valence-corrected chi connectivity index (χ4v) is 3.45. The summed E-state index contributed by atoms with van der Waals surface area (Å²) >= 11 is 12.1. The lowest BCUT2D eigenvalue weighted by Gasteiger charge is -2.13. The molecule has 1 aliphatic rings. The third-order valence-electron chi connectivity index (χ3n) is 4.26. The van der Waals surface area contributed by atoms with Crippen molar-refractivity contribution in [2.45, 2.75) is 78.2 Å². The molecule has 2 atom stereocenters. The van der Waals surface area contributed by atoms with E-state index in [2.05, 4.69) is 30.7 Å². The Morgan fingerprint density at radius 1 is 1.16 bits per heavy atom. The average Bonchev–Trinajstić information content (AvgIpc) is 3.20. The number of halogens is 2. The van der Waals surface area contributed by atoms with E-state index in [1.807, 2.05) is 32.0 Å². The van der Waals surface area contributed by atoms with Crippen molar-refractivity contribution in [2.24, 2.45) is 5.92 Å². The fraction of sp³-hybridized carbons (Fsp3) is 0.640. The summed E-state index contributed by atoms with van der Waals surface area (Å²) in [6.45, 7) is 9.92. The summed E-state index contributed by atoms with van der Waals surface area (Å²) in [5.74, 6) is 1.38. The smallest absolute Gasteiger partial charge is 0.292 e. The number of carbonyl (C=O) groups is 1. The van der Waals surface area contributed by atoms with Crippen LogP contribution in [0.5, 0.6) is 5.75 Å². The first-order chi connectivity index (χ1) is 15.0. The number of rotatable bonds is 9. The highest BCUT2D eigenvalue weighted by Gasteiger charge is 2.23. The molecular weight excluding hydrogens is 435 g/mol. The number of benzene rings is 1. The number of hydrogen-bond acceptors (Lipinski definition) is 4. The molecule has 1 aromatic carbocycles. The van der Waals surface area contributed by atoms with Gasteiger partial charge < -0.3 is 14.2 Å². The van der Waals surface area contributed by atoms with Crippen molar-refractivity contribution >= 4 is 29.7 Å². The van der Waals surface area contributed by atoms with Crippen molar-refractivity contribution in [1.29, 1.82) is 0 Å². The van der Waals surface area contributed by atoms with Crippen LogP contribution in [-0.4, -0.2) is 32.7 Å². The van der Waals surface area contributed by atoms with Crippen molar-refractivity contribution in [3.05, 3.63) is 40.9 Å². The normalized spacial score (nSPS) is 16.8. The molecular formula is C25H42Cl2O4. The minimum absolute atomic E-state index is 0.321. The van der Waals surface area contributed by atoms with Gasteiger partial charge >= 0.3 is 0 Å². The first kappa shape index (κ1) is 32.0. The summed E-state index contributed by atoms with van der Waals surface area (Å²) in [7, 11) is 2.98. The van der Waals surface area contributed by atoms with Crippen LogP contribution in [0, 0.1) is 5.92 Å². The average molecular weight is 478 g/mol. The van der Waals surface area contributed by atoms with Crippen LogP contribution in [0.15, 0.2) is 30.4 Å². The molecule has 0 spiro atoms. The highest BCUT2D eigenvalue weighted by molar-refractivity contribution is 6.30. The number of alkyl halides is 1. The Labute approximate surface area is 200 Å². The number of carbonyl (C=O) groups excluding carboxylic acids is 1. The van der Waals surface area contributed by atoms with Gasteiger partial charge in [-0.2, -0.15) is 0 Å². The van der Waals surface area contributed by atoms with Crippen LogP contribution in [0.25, 0.3) is 0 Å². The molecule has 1 aliphatic carbocycles. The van der Waals surface area contributed by atoms with E-state index in [1.54, 1.807) is 7.11 Å². The van der Waals surface area contributed by atoms with Gasteiger partial charge in [0.05, 0.1) is 20.3 Å². The Bertz CT molecular complexity index is 564. The topological polar surface area (TPSA) is 44.8 Å². The van der Waals surface area contributed by atoms with E-state index in [4.69, 9.17) is 37.5 Å². The van der Waals surface area contributed by atoms with Crippen LogP contribution in [-0.2, 0) is 20.9 Å². The summed E-state index contributed by atoms with van der Waals surface area (Å²) in [4.78, 5) is 8.95. The summed E-state index contributed by atoms with van der Waals surface area (Å²) < 4.78 is 14.8. The Hall–Kier alpha value is -1.23. The molecule has 1 fully saturated rings. The molecule has 1 aromatic rings. The van der Waals surface area contributed by atoms with Gasteiger partial charge in [-0.25, -0.2) is 0 Å². The van der Waals surface area contributed by atoms with Gasteiger partial charge in [-0.05, 0) is 62.3 Å². The molecule has 0 amide bonds. The SMILES string of the molecule is C/C=C\CCCC.CC.COC=O.COCc1cc(Cl)cc(OCC2CCC(Cl)C2)c1. The molecule has 0 bridgehead atoms. The van der Waals surface area contributed by atoms with Gasteiger partial charge in [0, 0.05) is 17.5 Å². The zero-order valence-corrected chi connectivity index (χ0v) is 21.7. The molecule has 2 rings (SSSR count). The van der Waals surface area contributed by atoms with E-state index in [0.717, 1.165) is 37.2 Å². The van der Waals surface area contributed by atoms with Gasteiger partial charge in [-0.15, -0.1) is 11.6 Å². The van der Waals surface area contributed by atoms with Gasteiger partial charge in [0.1, 0.15) is 5.75 Å². The van der Waals surface area contributed by atoms with E-state index in [0.29, 0.717) is 29.4 Å². The maximum absolute atomic E-state index is 8.95. The molecule has 0 heterocycles. The number of allylic oxidation sites excluding steroid dienone is 2. The van der Waals surface area contributed by atoms with Gasteiger partial charge in [-0.3, -0.25) is 4.79 Å². The van der Waals surface area contributed by atoms with Crippen molar-refractivity contribution in [3.8, 4) is 5.75 Å². The van der Waals surface area contributed by atoms with Crippen LogP contribution in [0.3, 0.4) is 0 Å². The first-order valence-corrected chi connectivity index (χ1v) is 11.9. The third-order valence-corrected chi connectivity index (χ3v) is 4.88. The summed E-state index contributed by atoms with van der Waals surface area (Å²) in [5, 5.41) is 1.00. The molecule has 0 radical (unpaired) electrons. The Morgan fingerprint density at radius 2 is 1.84 bits per heavy atom. The maximum Gasteiger partial charge on any atom is 0.292 e. The Kier molecular flexibility index (Phi) is 24.2. The second-order valence-electron chi connectivity index (χ2n) is 6.86. The quantitative estimate of drug-likeness (QED) is 0.157. The zero-order chi connectivity index (χ0) is 23.9. The largest absolute Gasteiger partial charge is 0.493 e. The predicted molar refractivity (Wildman–Crippen MR) is 133 cm³/mol. The molecule has 0 N–H and O–H groups in total. The van der Waals surface area contributed by atoms with Crippen LogP contribution in [0.4, 0.5) is 0 Å². The highest BCUT2D eigenvalue weighted by Crippen LogP contribution is 2.30. The van der Waals surface area contributed by atoms with E-state index in [9.17, 15) is 0 Å². The van der Waals surface area contributed by atoms with Gasteiger partial charge in [-0.1, -0.05) is 57.4 Å². The monoisotopic (exact) mass is 476 g/mol. The molecule has 6 heteroatoms. The van der Waals surface area contributed by atoms with E-state index in [-0.39, 0.29) is 0 Å². The van der Waals surface area contributed by atoms with Crippen LogP contribution in [0.1, 0.15) is 71.8 Å². The molecule has 2 unspecified atom stereocenters. The van der Waals surface area contributed by atoms with Crippen molar-refractivity contribution in [2.75, 3.05) is 20.8 Å². The lowest BCUT2D eigenvalue weighted by molar-refractivity contribution is -0.126. The minimum atomic E-state index is 0.321. The van der Waals surface area contributed by atoms with Gasteiger partial charge in [0.15, 0.2) is 0 Å². The molecule has 1 saturated carbocycles. The standard InChI is InChI=1S/C14H18Cl2O2.C7H14.C2H4O2.C2H6/c1-17-8-11-5-13(16)7-14(6-11)18-9-10-2-3-12(15)4-10;1-3-5-7-6-4-2;1-4-2-3;1-2/h5-7,10,12H,2-4,8-9H2,1H3;3,5H,4,6-7H2,1-2H3;2H,1H3;1-2H3/b;5-3-;;. The molecule has 180 valence electrons. The Balaban J connectivity index is 0. The van der Waals surface area contributed by atoms with E-state index >= 15 is 0 Å². The van der Waals surface area contributed by atoms with Gasteiger partial charge in [0.25, 0.3) is 6.47 Å². The summed E-state index contributed by atoms with van der Waals surface area (Å²) in [6.07, 6.45) is 11.5.